The molecule has 5 rings (SSSR count). The zero-order valence-electron chi connectivity index (χ0n) is 24.5. The molecule has 2 unspecified atom stereocenters. The Kier molecular flexibility index (Phi) is 8.69. The van der Waals surface area contributed by atoms with E-state index in [2.05, 4.69) is 15.3 Å². The first-order valence-corrected chi connectivity index (χ1v) is 15.4. The first-order valence-electron chi connectivity index (χ1n) is 13.9. The topological polar surface area (TPSA) is 132 Å². The molecule has 0 radical (unpaired) electrons. The maximum atomic E-state index is 12.8. The summed E-state index contributed by atoms with van der Waals surface area (Å²) in [6, 6.07) is 13.2. The number of benzene rings is 2. The van der Waals surface area contributed by atoms with Crippen LogP contribution in [0.1, 0.15) is 54.9 Å². The van der Waals surface area contributed by atoms with E-state index in [-0.39, 0.29) is 48.3 Å². The van der Waals surface area contributed by atoms with E-state index in [0.29, 0.717) is 24.2 Å². The van der Waals surface area contributed by atoms with Crippen molar-refractivity contribution in [1.29, 1.82) is 0 Å². The molecule has 0 saturated carbocycles. The van der Waals surface area contributed by atoms with Crippen LogP contribution >= 0.6 is 10.8 Å². The number of esters is 1. The largest absolute Gasteiger partial charge is 0.494 e. The second kappa shape index (κ2) is 12.3. The summed E-state index contributed by atoms with van der Waals surface area (Å²) in [6.45, 7) is 6.62. The van der Waals surface area contributed by atoms with Gasteiger partial charge in [0.25, 0.3) is 0 Å². The number of hydrogen-bond donors (Lipinski definition) is 2. The van der Waals surface area contributed by atoms with Crippen molar-refractivity contribution in [3.05, 3.63) is 70.9 Å². The number of hydrogen-bond acceptors (Lipinski definition) is 10. The molecule has 0 saturated heterocycles. The summed E-state index contributed by atoms with van der Waals surface area (Å²) in [6.07, 6.45) is 2.10. The highest BCUT2D eigenvalue weighted by atomic mass is 32.3. The molecule has 0 bridgehead atoms. The molecule has 42 heavy (non-hydrogen) atoms. The van der Waals surface area contributed by atoms with Crippen LogP contribution in [0.25, 0.3) is 11.0 Å². The van der Waals surface area contributed by atoms with E-state index < -0.39 is 10.8 Å². The number of rotatable bonds is 9. The molecular formula is C30H37N5O6S. The highest BCUT2D eigenvalue weighted by Crippen LogP contribution is 2.57. The van der Waals surface area contributed by atoms with Crippen molar-refractivity contribution in [3.63, 3.8) is 0 Å². The van der Waals surface area contributed by atoms with Crippen LogP contribution in [0, 0.1) is 6.92 Å². The van der Waals surface area contributed by atoms with Crippen molar-refractivity contribution in [1.82, 2.24) is 24.3 Å². The van der Waals surface area contributed by atoms with Gasteiger partial charge in [0, 0.05) is 25.7 Å². The van der Waals surface area contributed by atoms with E-state index in [9.17, 15) is 13.9 Å². The van der Waals surface area contributed by atoms with Gasteiger partial charge in [-0.05, 0) is 66.8 Å². The van der Waals surface area contributed by atoms with Crippen LogP contribution in [0.3, 0.4) is 0 Å². The third-order valence-corrected chi connectivity index (χ3v) is 9.54. The minimum atomic E-state index is -3.38. The summed E-state index contributed by atoms with van der Waals surface area (Å²) in [5.74, 6) is 0.161. The monoisotopic (exact) mass is 595 g/mol. The molecule has 1 aliphatic heterocycles. The van der Waals surface area contributed by atoms with E-state index in [1.54, 1.807) is 48.4 Å². The smallest absolute Gasteiger partial charge is 0.306 e. The number of methoxy groups -OCH3 is 1. The Morgan fingerprint density at radius 3 is 2.74 bits per heavy atom. The van der Waals surface area contributed by atoms with Crippen LogP contribution in [0.2, 0.25) is 0 Å². The third kappa shape index (κ3) is 5.80. The van der Waals surface area contributed by atoms with Gasteiger partial charge in [-0.3, -0.25) is 13.9 Å². The van der Waals surface area contributed by atoms with Crippen LogP contribution in [-0.4, -0.2) is 65.7 Å². The second-order valence-corrected chi connectivity index (χ2v) is 12.3. The van der Waals surface area contributed by atoms with Gasteiger partial charge in [-0.15, -0.1) is 15.9 Å². The number of carbonyl (C=O) groups excluding carboxylic acids is 1. The summed E-state index contributed by atoms with van der Waals surface area (Å²) >= 11 is 0. The van der Waals surface area contributed by atoms with E-state index in [0.717, 1.165) is 27.8 Å². The Bertz CT molecular complexity index is 1590. The number of carbonyl (C=O) groups is 1. The fraction of sp³-hybridized carbons (Fsp3) is 0.400. The highest BCUT2D eigenvalue weighted by molar-refractivity contribution is 8.22. The van der Waals surface area contributed by atoms with Crippen LogP contribution in [0.4, 0.5) is 0 Å². The summed E-state index contributed by atoms with van der Waals surface area (Å²) in [4.78, 5) is 17.4. The molecular weight excluding hydrogens is 558 g/mol. The maximum absolute atomic E-state index is 12.8. The summed E-state index contributed by atoms with van der Waals surface area (Å²) in [5.41, 5.74) is 5.01. The Morgan fingerprint density at radius 2 is 2.00 bits per heavy atom. The molecule has 4 aromatic rings. The van der Waals surface area contributed by atoms with Crippen molar-refractivity contribution in [3.8, 4) is 11.6 Å². The van der Waals surface area contributed by atoms with Crippen molar-refractivity contribution in [2.75, 3.05) is 20.3 Å². The Morgan fingerprint density at radius 1 is 1.19 bits per heavy atom. The molecule has 2 aromatic heterocycles. The van der Waals surface area contributed by atoms with Crippen LogP contribution in [-0.2, 0) is 23.1 Å². The van der Waals surface area contributed by atoms with Gasteiger partial charge in [0.2, 0.25) is 5.88 Å². The molecule has 0 fully saturated rings. The van der Waals surface area contributed by atoms with Gasteiger partial charge < -0.3 is 14.2 Å². The normalized spacial score (nSPS) is 18.0. The number of ether oxygens (including phenoxy) is 3. The zero-order chi connectivity index (χ0) is 30.0. The van der Waals surface area contributed by atoms with E-state index >= 15 is 0 Å². The molecule has 0 amide bonds. The quantitative estimate of drug-likeness (QED) is 0.240. The number of pyridine rings is 1. The predicted octanol–water partition coefficient (Wildman–Crippen LogP) is 5.46. The molecule has 12 heteroatoms. The fourth-order valence-electron chi connectivity index (χ4n) is 5.32. The molecule has 2 atom stereocenters. The SMILES string of the molecule is CCOC(=O)CC(c1ccc(C)c(CN2CC(CC)Oc3ncccc3S2(O)O)c1)c1cc(OC)c2c(c1)nnn2C. The molecule has 2 N–H and O–H groups in total. The summed E-state index contributed by atoms with van der Waals surface area (Å²) in [7, 11) is 0.0127. The van der Waals surface area contributed by atoms with Crippen molar-refractivity contribution < 1.29 is 28.1 Å². The lowest BCUT2D eigenvalue weighted by Crippen LogP contribution is -2.34. The molecule has 224 valence electrons. The van der Waals surface area contributed by atoms with Gasteiger partial charge in [0.1, 0.15) is 27.8 Å². The molecule has 0 spiro atoms. The maximum Gasteiger partial charge on any atom is 0.306 e. The number of fused-ring (bicyclic) bond motifs is 2. The second-order valence-electron chi connectivity index (χ2n) is 10.3. The average Bonchev–Trinajstić information content (AvgIpc) is 3.31. The average molecular weight is 596 g/mol. The summed E-state index contributed by atoms with van der Waals surface area (Å²) < 4.78 is 43.4. The lowest BCUT2D eigenvalue weighted by atomic mass is 9.86. The molecule has 11 nitrogen and oxygen atoms in total. The Balaban J connectivity index is 1.56. The number of nitrogens with zero attached hydrogens (tertiary/aromatic N) is 5. The minimum absolute atomic E-state index is 0.106. The van der Waals surface area contributed by atoms with E-state index in [1.165, 1.54) is 0 Å². The van der Waals surface area contributed by atoms with Crippen LogP contribution < -0.4 is 9.47 Å². The van der Waals surface area contributed by atoms with Crippen molar-refractivity contribution in [2.45, 2.75) is 57.1 Å². The van der Waals surface area contributed by atoms with Gasteiger partial charge in [0.05, 0.1) is 26.7 Å². The third-order valence-electron chi connectivity index (χ3n) is 7.64. The lowest BCUT2D eigenvalue weighted by Gasteiger charge is -2.41. The fourth-order valence-corrected chi connectivity index (χ4v) is 6.89. The van der Waals surface area contributed by atoms with Crippen LogP contribution in [0.5, 0.6) is 11.6 Å². The van der Waals surface area contributed by atoms with Gasteiger partial charge in [-0.25, -0.2) is 9.67 Å². The molecule has 2 aromatic carbocycles. The van der Waals surface area contributed by atoms with E-state index in [1.807, 2.05) is 44.2 Å². The Labute approximate surface area is 246 Å². The molecule has 0 aliphatic carbocycles. The van der Waals surface area contributed by atoms with Crippen molar-refractivity contribution >= 4 is 27.8 Å². The lowest BCUT2D eigenvalue weighted by molar-refractivity contribution is -0.143. The predicted molar refractivity (Wildman–Crippen MR) is 160 cm³/mol. The Hall–Kier alpha value is -3.71. The molecule has 3 heterocycles. The van der Waals surface area contributed by atoms with Crippen molar-refractivity contribution in [2.24, 2.45) is 7.05 Å². The zero-order valence-corrected chi connectivity index (χ0v) is 25.3. The number of aromatic nitrogens is 4. The number of aryl methyl sites for hydroxylation is 2. The van der Waals surface area contributed by atoms with Gasteiger partial charge >= 0.3 is 5.97 Å². The minimum Gasteiger partial charge on any atom is -0.494 e. The van der Waals surface area contributed by atoms with Gasteiger partial charge in [-0.2, -0.15) is 4.31 Å². The van der Waals surface area contributed by atoms with Crippen LogP contribution in [0.15, 0.2) is 53.6 Å². The molecule has 1 aliphatic rings. The first kappa shape index (κ1) is 29.8. The standard InChI is InChI=1S/C30H37N5O6S/c1-6-23-18-35(42(37,38)27-9-8-12-31-30(27)41-23)17-22-13-20(11-10-19(22)3)24(16-28(36)40-7-2)21-14-25-29(26(15-21)39-5)34(4)33-32-25/h8-15,23-24,37-38H,6-7,16-18H2,1-5H3. The first-order chi connectivity index (χ1) is 20.2. The highest BCUT2D eigenvalue weighted by Gasteiger charge is 2.36. The summed E-state index contributed by atoms with van der Waals surface area (Å²) in [5, 5.41) is 8.43. The van der Waals surface area contributed by atoms with Gasteiger partial charge in [0.15, 0.2) is 0 Å². The van der Waals surface area contributed by atoms with E-state index in [4.69, 9.17) is 14.2 Å². The van der Waals surface area contributed by atoms with Gasteiger partial charge in [-0.1, -0.05) is 30.3 Å².